The number of anilines is 1. The first-order chi connectivity index (χ1) is 9.53. The van der Waals surface area contributed by atoms with Gasteiger partial charge in [0.1, 0.15) is 6.54 Å². The zero-order chi connectivity index (χ0) is 15.1. The molecule has 1 amide bonds. The lowest BCUT2D eigenvalue weighted by molar-refractivity contribution is -0.137. The number of carbonyl (C=O) groups is 2. The quantitative estimate of drug-likeness (QED) is 0.829. The van der Waals surface area contributed by atoms with Gasteiger partial charge in [-0.05, 0) is 45.0 Å². The minimum absolute atomic E-state index is 0.249. The lowest BCUT2D eigenvalue weighted by Crippen LogP contribution is -2.35. The number of carbonyl (C=O) groups excluding carboxylic acids is 1. The predicted molar refractivity (Wildman–Crippen MR) is 79.2 cm³/mol. The average Bonchev–Trinajstić information content (AvgIpc) is 2.46. The van der Waals surface area contributed by atoms with E-state index >= 15 is 0 Å². The van der Waals surface area contributed by atoms with Crippen LogP contribution in [0.4, 0.5) is 5.69 Å². The molecular formula is C15H22N2O3. The summed E-state index contributed by atoms with van der Waals surface area (Å²) in [5.74, 6) is -1.25. The molecular weight excluding hydrogens is 256 g/mol. The normalized spacial score (nSPS) is 10.2. The highest BCUT2D eigenvalue weighted by Crippen LogP contribution is 2.16. The standard InChI is InChI=1S/C15H22N2O3/c1-4-16(5-2)13-9-7-12(8-10-13)15(20)17(6-3)11-14(18)19/h7-10H,4-6,11H2,1-3H3,(H,18,19). The maximum absolute atomic E-state index is 12.2. The van der Waals surface area contributed by atoms with Crippen LogP contribution in [0, 0.1) is 0 Å². The summed E-state index contributed by atoms with van der Waals surface area (Å²) in [6.07, 6.45) is 0. The van der Waals surface area contributed by atoms with Crippen LogP contribution >= 0.6 is 0 Å². The van der Waals surface area contributed by atoms with Gasteiger partial charge < -0.3 is 14.9 Å². The van der Waals surface area contributed by atoms with E-state index in [-0.39, 0.29) is 12.5 Å². The molecule has 5 heteroatoms. The Kier molecular flexibility index (Phi) is 6.03. The van der Waals surface area contributed by atoms with E-state index in [2.05, 4.69) is 18.7 Å². The molecule has 1 aromatic rings. The third-order valence-electron chi connectivity index (χ3n) is 3.24. The van der Waals surface area contributed by atoms with E-state index in [0.717, 1.165) is 18.8 Å². The first-order valence-corrected chi connectivity index (χ1v) is 6.89. The third kappa shape index (κ3) is 3.98. The Balaban J connectivity index is 2.86. The van der Waals surface area contributed by atoms with Crippen LogP contribution in [0.25, 0.3) is 0 Å². The van der Waals surface area contributed by atoms with Crippen LogP contribution in [-0.4, -0.2) is 48.1 Å². The number of nitrogens with zero attached hydrogens (tertiary/aromatic N) is 2. The predicted octanol–water partition coefficient (Wildman–Crippen LogP) is 2.08. The molecule has 0 saturated carbocycles. The molecule has 0 bridgehead atoms. The van der Waals surface area contributed by atoms with Crippen LogP contribution < -0.4 is 4.90 Å². The van der Waals surface area contributed by atoms with E-state index < -0.39 is 5.97 Å². The topological polar surface area (TPSA) is 60.9 Å². The summed E-state index contributed by atoms with van der Waals surface area (Å²) in [5, 5.41) is 8.79. The molecule has 0 spiro atoms. The lowest BCUT2D eigenvalue weighted by Gasteiger charge is -2.22. The number of carboxylic acid groups (broad SMARTS) is 1. The molecule has 0 aliphatic heterocycles. The number of amides is 1. The molecule has 0 atom stereocenters. The molecule has 1 rings (SSSR count). The molecule has 0 fully saturated rings. The van der Waals surface area contributed by atoms with E-state index in [1.807, 2.05) is 12.1 Å². The van der Waals surface area contributed by atoms with Gasteiger partial charge in [0, 0.05) is 30.9 Å². The minimum atomic E-state index is -1.00. The van der Waals surface area contributed by atoms with Crippen molar-refractivity contribution in [2.24, 2.45) is 0 Å². The van der Waals surface area contributed by atoms with E-state index in [1.54, 1.807) is 19.1 Å². The molecule has 1 N–H and O–H groups in total. The zero-order valence-electron chi connectivity index (χ0n) is 12.3. The Morgan fingerprint density at radius 1 is 1.00 bits per heavy atom. The number of rotatable bonds is 7. The number of likely N-dealkylation sites (N-methyl/N-ethyl adjacent to an activating group) is 1. The van der Waals surface area contributed by atoms with Crippen molar-refractivity contribution in [1.29, 1.82) is 0 Å². The summed E-state index contributed by atoms with van der Waals surface area (Å²) in [4.78, 5) is 26.4. The summed E-state index contributed by atoms with van der Waals surface area (Å²) < 4.78 is 0. The number of benzene rings is 1. The van der Waals surface area contributed by atoms with E-state index in [1.165, 1.54) is 4.90 Å². The van der Waals surface area contributed by atoms with Gasteiger partial charge in [0.2, 0.25) is 0 Å². The molecule has 0 aromatic heterocycles. The Hall–Kier alpha value is -2.04. The van der Waals surface area contributed by atoms with Gasteiger partial charge in [0.15, 0.2) is 0 Å². The molecule has 110 valence electrons. The summed E-state index contributed by atoms with van der Waals surface area (Å²) in [6, 6.07) is 7.30. The molecule has 0 heterocycles. The highest BCUT2D eigenvalue weighted by molar-refractivity contribution is 5.96. The van der Waals surface area contributed by atoms with Crippen LogP contribution in [-0.2, 0) is 4.79 Å². The Bertz CT molecular complexity index is 453. The van der Waals surface area contributed by atoms with Crippen molar-refractivity contribution >= 4 is 17.6 Å². The minimum Gasteiger partial charge on any atom is -0.480 e. The average molecular weight is 278 g/mol. The summed E-state index contributed by atoms with van der Waals surface area (Å²) in [5.41, 5.74) is 1.58. The van der Waals surface area contributed by atoms with Crippen molar-refractivity contribution in [2.45, 2.75) is 20.8 Å². The molecule has 5 nitrogen and oxygen atoms in total. The first-order valence-electron chi connectivity index (χ1n) is 6.89. The van der Waals surface area contributed by atoms with Gasteiger partial charge in [0.05, 0.1) is 0 Å². The second-order valence-corrected chi connectivity index (χ2v) is 4.43. The largest absolute Gasteiger partial charge is 0.480 e. The fourth-order valence-electron chi connectivity index (χ4n) is 2.08. The van der Waals surface area contributed by atoms with Gasteiger partial charge >= 0.3 is 5.97 Å². The van der Waals surface area contributed by atoms with Crippen molar-refractivity contribution < 1.29 is 14.7 Å². The zero-order valence-corrected chi connectivity index (χ0v) is 12.3. The number of aliphatic carboxylic acids is 1. The number of hydrogen-bond acceptors (Lipinski definition) is 3. The second-order valence-electron chi connectivity index (χ2n) is 4.43. The summed E-state index contributed by atoms with van der Waals surface area (Å²) in [7, 11) is 0. The molecule has 0 aliphatic rings. The van der Waals surface area contributed by atoms with Gasteiger partial charge in [-0.25, -0.2) is 0 Å². The van der Waals surface area contributed by atoms with Crippen molar-refractivity contribution in [3.05, 3.63) is 29.8 Å². The van der Waals surface area contributed by atoms with Crippen LogP contribution in [0.2, 0.25) is 0 Å². The van der Waals surface area contributed by atoms with Crippen molar-refractivity contribution in [2.75, 3.05) is 31.1 Å². The van der Waals surface area contributed by atoms with Gasteiger partial charge in [-0.15, -0.1) is 0 Å². The SMILES string of the molecule is CCN(CC(=O)O)C(=O)c1ccc(N(CC)CC)cc1. The fraction of sp³-hybridized carbons (Fsp3) is 0.467. The third-order valence-corrected chi connectivity index (χ3v) is 3.24. The summed E-state index contributed by atoms with van der Waals surface area (Å²) >= 11 is 0. The molecule has 0 radical (unpaired) electrons. The molecule has 0 saturated heterocycles. The second kappa shape index (κ2) is 7.53. The van der Waals surface area contributed by atoms with E-state index in [0.29, 0.717) is 12.1 Å². The highest BCUT2D eigenvalue weighted by atomic mass is 16.4. The van der Waals surface area contributed by atoms with Crippen LogP contribution in [0.1, 0.15) is 31.1 Å². The van der Waals surface area contributed by atoms with Gasteiger partial charge in [0.25, 0.3) is 5.91 Å². The van der Waals surface area contributed by atoms with Crippen molar-refractivity contribution in [3.8, 4) is 0 Å². The monoisotopic (exact) mass is 278 g/mol. The first kappa shape index (κ1) is 16.0. The van der Waals surface area contributed by atoms with Crippen LogP contribution in [0.5, 0.6) is 0 Å². The molecule has 0 aliphatic carbocycles. The Labute approximate surface area is 119 Å². The number of hydrogen-bond donors (Lipinski definition) is 1. The molecule has 1 aromatic carbocycles. The highest BCUT2D eigenvalue weighted by Gasteiger charge is 2.16. The number of carboxylic acids is 1. The molecule has 20 heavy (non-hydrogen) atoms. The van der Waals surface area contributed by atoms with Crippen LogP contribution in [0.15, 0.2) is 24.3 Å². The van der Waals surface area contributed by atoms with E-state index in [4.69, 9.17) is 5.11 Å². The van der Waals surface area contributed by atoms with Gasteiger partial charge in [-0.2, -0.15) is 0 Å². The van der Waals surface area contributed by atoms with Crippen LogP contribution in [0.3, 0.4) is 0 Å². The smallest absolute Gasteiger partial charge is 0.323 e. The van der Waals surface area contributed by atoms with E-state index in [9.17, 15) is 9.59 Å². The summed E-state index contributed by atoms with van der Waals surface area (Å²) in [6.45, 7) is 7.84. The Morgan fingerprint density at radius 3 is 1.95 bits per heavy atom. The van der Waals surface area contributed by atoms with Crippen molar-refractivity contribution in [1.82, 2.24) is 4.90 Å². The fourth-order valence-corrected chi connectivity index (χ4v) is 2.08. The molecule has 0 unspecified atom stereocenters. The van der Waals surface area contributed by atoms with Crippen molar-refractivity contribution in [3.63, 3.8) is 0 Å². The Morgan fingerprint density at radius 2 is 1.55 bits per heavy atom. The maximum atomic E-state index is 12.2. The lowest BCUT2D eigenvalue weighted by atomic mass is 10.1. The van der Waals surface area contributed by atoms with Gasteiger partial charge in [-0.3, -0.25) is 9.59 Å². The maximum Gasteiger partial charge on any atom is 0.323 e. The van der Waals surface area contributed by atoms with Gasteiger partial charge in [-0.1, -0.05) is 0 Å².